The topological polar surface area (TPSA) is 75.4 Å². The van der Waals surface area contributed by atoms with E-state index in [0.717, 1.165) is 16.8 Å². The summed E-state index contributed by atoms with van der Waals surface area (Å²) < 4.78 is 0. The van der Waals surface area contributed by atoms with E-state index in [1.807, 2.05) is 61.5 Å². The third-order valence-corrected chi connectivity index (χ3v) is 5.00. The zero-order valence-electron chi connectivity index (χ0n) is 15.6. The molecule has 144 valence electrons. The molecule has 3 N–H and O–H groups in total. The molecule has 0 radical (unpaired) electrons. The Hall–Kier alpha value is -2.37. The lowest BCUT2D eigenvalue weighted by Gasteiger charge is -2.22. The molecule has 0 aromatic heterocycles. The number of nitrogens with zero attached hydrogens (tertiary/aromatic N) is 1. The SMILES string of the molecule is Cc1ccc(N2CCC(NC(=O)C(C)C(N)c3ccccc3)C2=O)cc1.Cl. The van der Waals surface area contributed by atoms with Crippen molar-refractivity contribution >= 4 is 29.9 Å². The van der Waals surface area contributed by atoms with Crippen molar-refractivity contribution in [2.45, 2.75) is 32.4 Å². The van der Waals surface area contributed by atoms with Gasteiger partial charge < -0.3 is 16.0 Å². The van der Waals surface area contributed by atoms with Crippen LogP contribution in [-0.2, 0) is 9.59 Å². The lowest BCUT2D eigenvalue weighted by Crippen LogP contribution is -2.45. The summed E-state index contributed by atoms with van der Waals surface area (Å²) in [6, 6.07) is 16.5. The maximum absolute atomic E-state index is 12.7. The van der Waals surface area contributed by atoms with Crippen LogP contribution in [0, 0.1) is 12.8 Å². The molecule has 3 atom stereocenters. The highest BCUT2D eigenvalue weighted by Crippen LogP contribution is 2.23. The highest BCUT2D eigenvalue weighted by molar-refractivity contribution is 6.01. The Kier molecular flexibility index (Phi) is 6.99. The molecule has 1 heterocycles. The van der Waals surface area contributed by atoms with Gasteiger partial charge in [-0.3, -0.25) is 9.59 Å². The Labute approximate surface area is 166 Å². The number of rotatable bonds is 5. The molecular formula is C21H26ClN3O2. The number of hydrogen-bond donors (Lipinski definition) is 2. The first-order valence-electron chi connectivity index (χ1n) is 8.96. The smallest absolute Gasteiger partial charge is 0.249 e. The van der Waals surface area contributed by atoms with Crippen molar-refractivity contribution in [3.05, 3.63) is 65.7 Å². The number of nitrogens with one attached hydrogen (secondary N) is 1. The van der Waals surface area contributed by atoms with E-state index in [4.69, 9.17) is 5.73 Å². The summed E-state index contributed by atoms with van der Waals surface area (Å²) in [7, 11) is 0. The molecule has 0 spiro atoms. The average Bonchev–Trinajstić information content (AvgIpc) is 3.02. The summed E-state index contributed by atoms with van der Waals surface area (Å²) in [6.07, 6.45) is 0.603. The second-order valence-electron chi connectivity index (χ2n) is 6.90. The lowest BCUT2D eigenvalue weighted by molar-refractivity contribution is -0.129. The fourth-order valence-corrected chi connectivity index (χ4v) is 3.23. The molecule has 0 aliphatic carbocycles. The molecule has 0 bridgehead atoms. The Bertz CT molecular complexity index is 780. The van der Waals surface area contributed by atoms with Gasteiger partial charge in [-0.2, -0.15) is 0 Å². The van der Waals surface area contributed by atoms with Crippen LogP contribution in [0.5, 0.6) is 0 Å². The molecule has 1 fully saturated rings. The monoisotopic (exact) mass is 387 g/mol. The maximum atomic E-state index is 12.7. The van der Waals surface area contributed by atoms with Gasteiger partial charge in [-0.25, -0.2) is 0 Å². The van der Waals surface area contributed by atoms with Gasteiger partial charge in [0.2, 0.25) is 11.8 Å². The van der Waals surface area contributed by atoms with E-state index in [2.05, 4.69) is 5.32 Å². The number of amides is 2. The van der Waals surface area contributed by atoms with Gasteiger partial charge in [0.15, 0.2) is 0 Å². The largest absolute Gasteiger partial charge is 0.344 e. The van der Waals surface area contributed by atoms with Gasteiger partial charge in [0.25, 0.3) is 0 Å². The fraction of sp³-hybridized carbons (Fsp3) is 0.333. The minimum Gasteiger partial charge on any atom is -0.344 e. The molecule has 2 aromatic rings. The number of anilines is 1. The minimum absolute atomic E-state index is 0. The summed E-state index contributed by atoms with van der Waals surface area (Å²) in [4.78, 5) is 27.0. The number of benzene rings is 2. The van der Waals surface area contributed by atoms with E-state index in [1.54, 1.807) is 11.8 Å². The Balaban J connectivity index is 0.00000261. The second-order valence-corrected chi connectivity index (χ2v) is 6.90. The predicted molar refractivity (Wildman–Crippen MR) is 110 cm³/mol. The molecule has 5 nitrogen and oxygen atoms in total. The van der Waals surface area contributed by atoms with Crippen molar-refractivity contribution in [3.63, 3.8) is 0 Å². The van der Waals surface area contributed by atoms with E-state index < -0.39 is 18.0 Å². The molecule has 1 aliphatic rings. The number of hydrogen-bond acceptors (Lipinski definition) is 3. The van der Waals surface area contributed by atoms with Crippen molar-refractivity contribution in [1.29, 1.82) is 0 Å². The van der Waals surface area contributed by atoms with Gasteiger partial charge in [0.1, 0.15) is 6.04 Å². The molecular weight excluding hydrogens is 362 g/mol. The van der Waals surface area contributed by atoms with Crippen molar-refractivity contribution in [2.75, 3.05) is 11.4 Å². The predicted octanol–water partition coefficient (Wildman–Crippen LogP) is 2.97. The van der Waals surface area contributed by atoms with Crippen LogP contribution < -0.4 is 16.0 Å². The molecule has 1 aliphatic heterocycles. The Morgan fingerprint density at radius 2 is 1.78 bits per heavy atom. The highest BCUT2D eigenvalue weighted by Gasteiger charge is 2.35. The first-order valence-corrected chi connectivity index (χ1v) is 8.96. The number of aryl methyl sites for hydroxylation is 1. The molecule has 27 heavy (non-hydrogen) atoms. The number of halogens is 1. The number of carbonyl (C=O) groups excluding carboxylic acids is 2. The number of carbonyl (C=O) groups is 2. The van der Waals surface area contributed by atoms with E-state index >= 15 is 0 Å². The van der Waals surface area contributed by atoms with E-state index in [0.29, 0.717) is 13.0 Å². The van der Waals surface area contributed by atoms with Gasteiger partial charge in [-0.15, -0.1) is 12.4 Å². The normalized spacial score (nSPS) is 18.6. The highest BCUT2D eigenvalue weighted by atomic mass is 35.5. The van der Waals surface area contributed by atoms with Gasteiger partial charge in [-0.05, 0) is 31.0 Å². The first kappa shape index (κ1) is 20.9. The van der Waals surface area contributed by atoms with Crippen LogP contribution in [0.25, 0.3) is 0 Å². The van der Waals surface area contributed by atoms with Crippen LogP contribution in [0.1, 0.15) is 30.5 Å². The molecule has 0 saturated carbocycles. The Morgan fingerprint density at radius 1 is 1.15 bits per heavy atom. The zero-order chi connectivity index (χ0) is 18.7. The minimum atomic E-state index is -0.491. The van der Waals surface area contributed by atoms with Crippen LogP contribution in [0.15, 0.2) is 54.6 Å². The van der Waals surface area contributed by atoms with Crippen LogP contribution >= 0.6 is 12.4 Å². The molecule has 3 unspecified atom stereocenters. The maximum Gasteiger partial charge on any atom is 0.249 e. The summed E-state index contributed by atoms with van der Waals surface area (Å²) in [5, 5.41) is 2.88. The van der Waals surface area contributed by atoms with Crippen molar-refractivity contribution in [1.82, 2.24) is 5.32 Å². The average molecular weight is 388 g/mol. The lowest BCUT2D eigenvalue weighted by atomic mass is 9.94. The molecule has 1 saturated heterocycles. The molecule has 6 heteroatoms. The van der Waals surface area contributed by atoms with Crippen molar-refractivity contribution < 1.29 is 9.59 Å². The second kappa shape index (κ2) is 9.02. The zero-order valence-corrected chi connectivity index (χ0v) is 16.4. The molecule has 2 amide bonds. The van der Waals surface area contributed by atoms with Gasteiger partial charge >= 0.3 is 0 Å². The summed E-state index contributed by atoms with van der Waals surface area (Å²) >= 11 is 0. The van der Waals surface area contributed by atoms with Crippen LogP contribution in [0.4, 0.5) is 5.69 Å². The van der Waals surface area contributed by atoms with Crippen molar-refractivity contribution in [2.24, 2.45) is 11.7 Å². The quantitative estimate of drug-likeness (QED) is 0.828. The first-order chi connectivity index (χ1) is 12.5. The van der Waals surface area contributed by atoms with E-state index in [1.165, 1.54) is 0 Å². The van der Waals surface area contributed by atoms with Crippen LogP contribution in [-0.4, -0.2) is 24.4 Å². The summed E-state index contributed by atoms with van der Waals surface area (Å²) in [5.74, 6) is -0.674. The van der Waals surface area contributed by atoms with Gasteiger partial charge in [0.05, 0.1) is 5.92 Å². The summed E-state index contributed by atoms with van der Waals surface area (Å²) in [5.41, 5.74) is 9.15. The summed E-state index contributed by atoms with van der Waals surface area (Å²) in [6.45, 7) is 4.41. The van der Waals surface area contributed by atoms with Crippen LogP contribution in [0.3, 0.4) is 0 Å². The molecule has 3 rings (SSSR count). The third kappa shape index (κ3) is 4.67. The van der Waals surface area contributed by atoms with Gasteiger partial charge in [-0.1, -0.05) is 55.0 Å². The van der Waals surface area contributed by atoms with Crippen LogP contribution in [0.2, 0.25) is 0 Å². The third-order valence-electron chi connectivity index (χ3n) is 5.00. The molecule has 2 aromatic carbocycles. The van der Waals surface area contributed by atoms with Gasteiger partial charge in [0, 0.05) is 18.3 Å². The fourth-order valence-electron chi connectivity index (χ4n) is 3.23. The number of nitrogens with two attached hydrogens (primary N) is 1. The Morgan fingerprint density at radius 3 is 2.41 bits per heavy atom. The van der Waals surface area contributed by atoms with E-state index in [9.17, 15) is 9.59 Å². The standard InChI is InChI=1S/C21H25N3O2.ClH/c1-14-8-10-17(11-9-14)24-13-12-18(21(24)26)23-20(25)15(2)19(22)16-6-4-3-5-7-16;/h3-11,15,18-19H,12-13,22H2,1-2H3,(H,23,25);1H. The van der Waals surface area contributed by atoms with Crippen molar-refractivity contribution in [3.8, 4) is 0 Å². The van der Waals surface area contributed by atoms with E-state index in [-0.39, 0.29) is 24.2 Å².